The molecule has 1 aliphatic carbocycles. The van der Waals surface area contributed by atoms with Crippen LogP contribution in [0.3, 0.4) is 0 Å². The minimum atomic E-state index is -0.858. The number of nitrogens with one attached hydrogen (secondary N) is 2. The minimum absolute atomic E-state index is 0.125. The van der Waals surface area contributed by atoms with Gasteiger partial charge in [-0.1, -0.05) is 0 Å². The van der Waals surface area contributed by atoms with E-state index in [1.807, 2.05) is 0 Å². The molecule has 6 nitrogen and oxygen atoms in total. The molecule has 1 atom stereocenters. The van der Waals surface area contributed by atoms with E-state index >= 15 is 0 Å². The van der Waals surface area contributed by atoms with Gasteiger partial charge in [0.2, 0.25) is 11.8 Å². The summed E-state index contributed by atoms with van der Waals surface area (Å²) in [4.78, 5) is 33.3. The van der Waals surface area contributed by atoms with Gasteiger partial charge in [-0.15, -0.1) is 0 Å². The lowest BCUT2D eigenvalue weighted by atomic mass is 10.1. The Hall–Kier alpha value is -1.59. The molecule has 0 bridgehead atoms. The molecule has 88 valence electrons. The summed E-state index contributed by atoms with van der Waals surface area (Å²) in [5, 5.41) is 14.0. The van der Waals surface area contributed by atoms with E-state index in [2.05, 4.69) is 10.6 Å². The summed E-state index contributed by atoms with van der Waals surface area (Å²) < 4.78 is 0. The molecule has 1 unspecified atom stereocenters. The Morgan fingerprint density at radius 2 is 2.19 bits per heavy atom. The van der Waals surface area contributed by atoms with Crippen LogP contribution in [0.4, 0.5) is 0 Å². The van der Waals surface area contributed by atoms with E-state index in [1.165, 1.54) is 0 Å². The fourth-order valence-corrected chi connectivity index (χ4v) is 1.81. The standard InChI is InChI=1S/C10H14N2O4/c13-7-2-1-6(12-7)8(14)11-5-10(3-4-10)9(15)16/h6H,1-5H2,(H,11,14)(H,12,13)(H,15,16). The third-order valence-electron chi connectivity index (χ3n) is 3.22. The van der Waals surface area contributed by atoms with Crippen LogP contribution in [0.1, 0.15) is 25.7 Å². The molecule has 0 radical (unpaired) electrons. The molecule has 0 aromatic carbocycles. The molecular weight excluding hydrogens is 212 g/mol. The van der Waals surface area contributed by atoms with Gasteiger partial charge in [0.15, 0.2) is 0 Å². The summed E-state index contributed by atoms with van der Waals surface area (Å²) in [6.07, 6.45) is 2.08. The molecule has 2 amide bonds. The highest BCUT2D eigenvalue weighted by molar-refractivity contribution is 5.91. The van der Waals surface area contributed by atoms with Crippen molar-refractivity contribution in [1.82, 2.24) is 10.6 Å². The maximum Gasteiger partial charge on any atom is 0.311 e. The first-order valence-electron chi connectivity index (χ1n) is 5.34. The summed E-state index contributed by atoms with van der Waals surface area (Å²) >= 11 is 0. The van der Waals surface area contributed by atoms with Crippen LogP contribution in [0, 0.1) is 5.41 Å². The van der Waals surface area contributed by atoms with Crippen LogP contribution < -0.4 is 10.6 Å². The summed E-state index contributed by atoms with van der Waals surface area (Å²) in [6, 6.07) is -0.489. The zero-order valence-electron chi connectivity index (χ0n) is 8.78. The first-order valence-corrected chi connectivity index (χ1v) is 5.34. The third kappa shape index (κ3) is 2.00. The van der Waals surface area contributed by atoms with Crippen molar-refractivity contribution in [1.29, 1.82) is 0 Å². The van der Waals surface area contributed by atoms with Crippen molar-refractivity contribution in [3.8, 4) is 0 Å². The van der Waals surface area contributed by atoms with E-state index < -0.39 is 17.4 Å². The van der Waals surface area contributed by atoms with Gasteiger partial charge in [-0.25, -0.2) is 0 Å². The quantitative estimate of drug-likeness (QED) is 0.587. The Kier molecular flexibility index (Phi) is 2.57. The van der Waals surface area contributed by atoms with Gasteiger partial charge in [0, 0.05) is 13.0 Å². The molecule has 0 aromatic heterocycles. The van der Waals surface area contributed by atoms with E-state index in [9.17, 15) is 14.4 Å². The van der Waals surface area contributed by atoms with Crippen LogP contribution in [0.25, 0.3) is 0 Å². The number of hydrogen-bond acceptors (Lipinski definition) is 3. The Morgan fingerprint density at radius 1 is 1.50 bits per heavy atom. The van der Waals surface area contributed by atoms with Gasteiger partial charge in [0.1, 0.15) is 6.04 Å². The second kappa shape index (κ2) is 3.77. The fourth-order valence-electron chi connectivity index (χ4n) is 1.81. The minimum Gasteiger partial charge on any atom is -0.481 e. The molecular formula is C10H14N2O4. The predicted molar refractivity (Wildman–Crippen MR) is 53.5 cm³/mol. The van der Waals surface area contributed by atoms with Gasteiger partial charge in [0.25, 0.3) is 0 Å². The lowest BCUT2D eigenvalue weighted by Gasteiger charge is -2.14. The Balaban J connectivity index is 1.80. The van der Waals surface area contributed by atoms with Crippen molar-refractivity contribution in [2.75, 3.05) is 6.54 Å². The highest BCUT2D eigenvalue weighted by Gasteiger charge is 2.50. The Morgan fingerprint density at radius 3 is 2.62 bits per heavy atom. The molecule has 2 aliphatic rings. The van der Waals surface area contributed by atoms with Gasteiger partial charge >= 0.3 is 5.97 Å². The first-order chi connectivity index (χ1) is 7.53. The Bertz CT molecular complexity index is 349. The summed E-state index contributed by atoms with van der Waals surface area (Å²) in [5.41, 5.74) is -0.752. The van der Waals surface area contributed by atoms with Crippen molar-refractivity contribution >= 4 is 17.8 Å². The second-order valence-electron chi connectivity index (χ2n) is 4.46. The number of hydrogen-bond donors (Lipinski definition) is 3. The smallest absolute Gasteiger partial charge is 0.311 e. The third-order valence-corrected chi connectivity index (χ3v) is 3.22. The number of carboxylic acid groups (broad SMARTS) is 1. The number of carboxylic acids is 1. The lowest BCUT2D eigenvalue weighted by molar-refractivity contribution is -0.143. The van der Waals surface area contributed by atoms with Gasteiger partial charge in [0.05, 0.1) is 5.41 Å². The number of carbonyl (C=O) groups is 3. The fraction of sp³-hybridized carbons (Fsp3) is 0.700. The molecule has 3 N–H and O–H groups in total. The van der Waals surface area contributed by atoms with Crippen molar-refractivity contribution in [3.05, 3.63) is 0 Å². The van der Waals surface area contributed by atoms with Crippen LogP contribution in [0.15, 0.2) is 0 Å². The van der Waals surface area contributed by atoms with Gasteiger partial charge in [-0.3, -0.25) is 14.4 Å². The molecule has 1 heterocycles. The van der Waals surface area contributed by atoms with Crippen molar-refractivity contribution in [2.24, 2.45) is 5.41 Å². The molecule has 1 saturated carbocycles. The number of amides is 2. The zero-order chi connectivity index (χ0) is 11.8. The topological polar surface area (TPSA) is 95.5 Å². The molecule has 2 rings (SSSR count). The van der Waals surface area contributed by atoms with Crippen LogP contribution in [0.5, 0.6) is 0 Å². The van der Waals surface area contributed by atoms with Crippen molar-refractivity contribution < 1.29 is 19.5 Å². The van der Waals surface area contributed by atoms with Crippen LogP contribution in [-0.4, -0.2) is 35.5 Å². The highest BCUT2D eigenvalue weighted by atomic mass is 16.4. The lowest BCUT2D eigenvalue weighted by Crippen LogP contribution is -2.44. The SMILES string of the molecule is O=C1CCC(C(=O)NCC2(C(=O)O)CC2)N1. The van der Waals surface area contributed by atoms with Crippen molar-refractivity contribution in [3.63, 3.8) is 0 Å². The number of rotatable bonds is 4. The average Bonchev–Trinajstić information content (AvgIpc) is 2.92. The molecule has 1 aliphatic heterocycles. The number of aliphatic carboxylic acids is 1. The van der Waals surface area contributed by atoms with E-state index in [0.717, 1.165) is 0 Å². The molecule has 6 heteroatoms. The van der Waals surface area contributed by atoms with Crippen molar-refractivity contribution in [2.45, 2.75) is 31.7 Å². The van der Waals surface area contributed by atoms with Crippen LogP contribution in [0.2, 0.25) is 0 Å². The second-order valence-corrected chi connectivity index (χ2v) is 4.46. The summed E-state index contributed by atoms with van der Waals surface area (Å²) in [6.45, 7) is 0.160. The van der Waals surface area contributed by atoms with Gasteiger partial charge in [-0.05, 0) is 19.3 Å². The van der Waals surface area contributed by atoms with E-state index in [1.54, 1.807) is 0 Å². The van der Waals surface area contributed by atoms with Gasteiger partial charge in [-0.2, -0.15) is 0 Å². The first kappa shape index (κ1) is 10.9. The van der Waals surface area contributed by atoms with E-state index in [-0.39, 0.29) is 18.4 Å². The molecule has 0 aromatic rings. The monoisotopic (exact) mass is 226 g/mol. The van der Waals surface area contributed by atoms with E-state index in [4.69, 9.17) is 5.11 Å². The van der Waals surface area contributed by atoms with Crippen LogP contribution in [-0.2, 0) is 14.4 Å². The zero-order valence-corrected chi connectivity index (χ0v) is 8.78. The molecule has 0 spiro atoms. The average molecular weight is 226 g/mol. The largest absolute Gasteiger partial charge is 0.481 e. The maximum absolute atomic E-state index is 11.6. The van der Waals surface area contributed by atoms with Crippen LogP contribution >= 0.6 is 0 Å². The summed E-state index contributed by atoms with van der Waals surface area (Å²) in [5.74, 6) is -1.26. The molecule has 1 saturated heterocycles. The normalized spacial score (nSPS) is 26.0. The van der Waals surface area contributed by atoms with Gasteiger partial charge < -0.3 is 15.7 Å². The Labute approximate surface area is 92.4 Å². The summed E-state index contributed by atoms with van der Waals surface area (Å²) in [7, 11) is 0. The van der Waals surface area contributed by atoms with E-state index in [0.29, 0.717) is 25.7 Å². The number of carbonyl (C=O) groups excluding carboxylic acids is 2. The highest BCUT2D eigenvalue weighted by Crippen LogP contribution is 2.45. The molecule has 2 fully saturated rings. The maximum atomic E-state index is 11.6. The predicted octanol–water partition coefficient (Wildman–Crippen LogP) is -0.754. The molecule has 16 heavy (non-hydrogen) atoms.